The van der Waals surface area contributed by atoms with Crippen LogP contribution in [0, 0.1) is 17.8 Å². The van der Waals surface area contributed by atoms with Gasteiger partial charge in [0.25, 0.3) is 0 Å². The summed E-state index contributed by atoms with van der Waals surface area (Å²) in [6.07, 6.45) is -1.99. The second kappa shape index (κ2) is 6.23. The van der Waals surface area contributed by atoms with Crippen LogP contribution in [-0.4, -0.2) is 29.2 Å². The Morgan fingerprint density at radius 3 is 2.00 bits per heavy atom. The lowest BCUT2D eigenvalue weighted by atomic mass is 9.85. The zero-order valence-corrected chi connectivity index (χ0v) is 11.7. The Morgan fingerprint density at radius 1 is 0.952 bits per heavy atom. The molecule has 2 aliphatic rings. The summed E-state index contributed by atoms with van der Waals surface area (Å²) in [7, 11) is 0. The van der Waals surface area contributed by atoms with Crippen molar-refractivity contribution in [1.29, 1.82) is 0 Å². The van der Waals surface area contributed by atoms with Gasteiger partial charge in [0.05, 0.1) is 11.8 Å². The molecule has 120 valence electrons. The second-order valence-electron chi connectivity index (χ2n) is 6.14. The van der Waals surface area contributed by atoms with E-state index < -0.39 is 24.0 Å². The van der Waals surface area contributed by atoms with E-state index in [4.69, 9.17) is 5.11 Å². The highest BCUT2D eigenvalue weighted by atomic mass is 19.4. The number of rotatable bonds is 3. The quantitative estimate of drug-likeness (QED) is 0.842. The molecule has 2 saturated carbocycles. The maximum atomic E-state index is 12.6. The van der Waals surface area contributed by atoms with Gasteiger partial charge in [-0.1, -0.05) is 0 Å². The Kier molecular flexibility index (Phi) is 4.78. The van der Waals surface area contributed by atoms with Gasteiger partial charge in [-0.3, -0.25) is 9.59 Å². The minimum atomic E-state index is -4.14. The molecule has 0 aromatic rings. The van der Waals surface area contributed by atoms with Gasteiger partial charge in [0.15, 0.2) is 0 Å². The van der Waals surface area contributed by atoms with Crippen LogP contribution in [0.2, 0.25) is 0 Å². The largest absolute Gasteiger partial charge is 0.481 e. The Bertz CT molecular complexity index is 403. The topological polar surface area (TPSA) is 66.4 Å². The fourth-order valence-corrected chi connectivity index (χ4v) is 3.33. The predicted octanol–water partition coefficient (Wildman–Crippen LogP) is 2.72. The highest BCUT2D eigenvalue weighted by Crippen LogP contribution is 2.38. The Labute approximate surface area is 121 Å². The first-order valence-corrected chi connectivity index (χ1v) is 7.37. The summed E-state index contributed by atoms with van der Waals surface area (Å²) in [6.45, 7) is 0. The number of halogens is 3. The minimum Gasteiger partial charge on any atom is -0.481 e. The van der Waals surface area contributed by atoms with E-state index in [0.29, 0.717) is 32.1 Å². The first-order chi connectivity index (χ1) is 9.77. The van der Waals surface area contributed by atoms with Gasteiger partial charge in [-0.25, -0.2) is 0 Å². The van der Waals surface area contributed by atoms with E-state index in [-0.39, 0.29) is 30.7 Å². The van der Waals surface area contributed by atoms with Gasteiger partial charge in [-0.05, 0) is 44.9 Å². The summed E-state index contributed by atoms with van der Waals surface area (Å²) in [4.78, 5) is 22.9. The molecule has 2 N–H and O–H groups in total. The van der Waals surface area contributed by atoms with Crippen LogP contribution in [0.1, 0.15) is 44.9 Å². The SMILES string of the molecule is O=C(O)C1CCC(C(=O)NC2CCC(C(F)(F)F)CC2)C1. The number of carboxylic acid groups (broad SMARTS) is 1. The van der Waals surface area contributed by atoms with E-state index in [1.165, 1.54) is 0 Å². The lowest BCUT2D eigenvalue weighted by molar-refractivity contribution is -0.182. The highest BCUT2D eigenvalue weighted by molar-refractivity contribution is 5.81. The molecule has 4 nitrogen and oxygen atoms in total. The molecule has 0 bridgehead atoms. The lowest BCUT2D eigenvalue weighted by Gasteiger charge is -2.30. The monoisotopic (exact) mass is 307 g/mol. The molecule has 0 spiro atoms. The average Bonchev–Trinajstić information content (AvgIpc) is 2.88. The molecule has 2 atom stereocenters. The van der Waals surface area contributed by atoms with Crippen molar-refractivity contribution in [3.8, 4) is 0 Å². The van der Waals surface area contributed by atoms with Crippen LogP contribution in [0.15, 0.2) is 0 Å². The predicted molar refractivity (Wildman–Crippen MR) is 68.4 cm³/mol. The maximum Gasteiger partial charge on any atom is 0.391 e. The van der Waals surface area contributed by atoms with Crippen LogP contribution in [0.3, 0.4) is 0 Å². The number of carboxylic acids is 1. The molecular weight excluding hydrogens is 287 g/mol. The molecule has 0 radical (unpaired) electrons. The van der Waals surface area contributed by atoms with Gasteiger partial charge in [0.2, 0.25) is 5.91 Å². The third-order valence-electron chi connectivity index (χ3n) is 4.69. The Hall–Kier alpha value is -1.27. The van der Waals surface area contributed by atoms with Crippen LogP contribution < -0.4 is 5.32 Å². The van der Waals surface area contributed by atoms with Gasteiger partial charge in [0, 0.05) is 12.0 Å². The summed E-state index contributed by atoms with van der Waals surface area (Å²) in [5, 5.41) is 11.7. The summed E-state index contributed by atoms with van der Waals surface area (Å²) in [5.41, 5.74) is 0. The molecule has 2 unspecified atom stereocenters. The second-order valence-corrected chi connectivity index (χ2v) is 6.14. The van der Waals surface area contributed by atoms with E-state index in [1.807, 2.05) is 0 Å². The van der Waals surface area contributed by atoms with Crippen molar-refractivity contribution in [2.75, 3.05) is 0 Å². The van der Waals surface area contributed by atoms with E-state index in [2.05, 4.69) is 5.32 Å². The Balaban J connectivity index is 1.76. The number of hydrogen-bond acceptors (Lipinski definition) is 2. The molecule has 0 saturated heterocycles. The molecule has 0 aromatic carbocycles. The fourth-order valence-electron chi connectivity index (χ4n) is 3.33. The number of carbonyl (C=O) groups is 2. The van der Waals surface area contributed by atoms with Crippen molar-refractivity contribution in [1.82, 2.24) is 5.32 Å². The first kappa shape index (κ1) is 16.1. The number of amides is 1. The molecule has 2 fully saturated rings. The number of carbonyl (C=O) groups excluding carboxylic acids is 1. The van der Waals surface area contributed by atoms with E-state index in [9.17, 15) is 22.8 Å². The van der Waals surface area contributed by atoms with Gasteiger partial charge in [-0.2, -0.15) is 13.2 Å². The molecule has 1 amide bonds. The van der Waals surface area contributed by atoms with Crippen LogP contribution >= 0.6 is 0 Å². The van der Waals surface area contributed by atoms with Crippen molar-refractivity contribution in [3.63, 3.8) is 0 Å². The molecular formula is C14H20F3NO3. The van der Waals surface area contributed by atoms with Crippen LogP contribution in [-0.2, 0) is 9.59 Å². The fraction of sp³-hybridized carbons (Fsp3) is 0.857. The normalized spacial score (nSPS) is 33.7. The van der Waals surface area contributed by atoms with Crippen molar-refractivity contribution in [2.24, 2.45) is 17.8 Å². The zero-order chi connectivity index (χ0) is 15.6. The number of alkyl halides is 3. The highest BCUT2D eigenvalue weighted by Gasteiger charge is 2.42. The number of aliphatic carboxylic acids is 1. The van der Waals surface area contributed by atoms with Crippen molar-refractivity contribution >= 4 is 11.9 Å². The minimum absolute atomic E-state index is 0.0524. The number of hydrogen-bond donors (Lipinski definition) is 2. The molecule has 0 aromatic heterocycles. The number of nitrogens with one attached hydrogen (secondary N) is 1. The standard InChI is InChI=1S/C14H20F3NO3/c15-14(16,17)10-3-5-11(6-4-10)18-12(19)8-1-2-9(7-8)13(20)21/h8-11H,1-7H2,(H,18,19)(H,20,21). The smallest absolute Gasteiger partial charge is 0.391 e. The van der Waals surface area contributed by atoms with Crippen LogP contribution in [0.4, 0.5) is 13.2 Å². The molecule has 0 aliphatic heterocycles. The molecule has 7 heteroatoms. The molecule has 2 rings (SSSR count). The van der Waals surface area contributed by atoms with E-state index in [0.717, 1.165) is 0 Å². The van der Waals surface area contributed by atoms with Crippen LogP contribution in [0.5, 0.6) is 0 Å². The van der Waals surface area contributed by atoms with Crippen molar-refractivity contribution in [3.05, 3.63) is 0 Å². The van der Waals surface area contributed by atoms with Gasteiger partial charge in [0.1, 0.15) is 0 Å². The van der Waals surface area contributed by atoms with Gasteiger partial charge in [-0.15, -0.1) is 0 Å². The first-order valence-electron chi connectivity index (χ1n) is 7.37. The third-order valence-corrected chi connectivity index (χ3v) is 4.69. The van der Waals surface area contributed by atoms with Crippen molar-refractivity contribution < 1.29 is 27.9 Å². The van der Waals surface area contributed by atoms with Gasteiger partial charge < -0.3 is 10.4 Å². The Morgan fingerprint density at radius 2 is 1.52 bits per heavy atom. The lowest BCUT2D eigenvalue weighted by Crippen LogP contribution is -2.42. The molecule has 21 heavy (non-hydrogen) atoms. The summed E-state index contributed by atoms with van der Waals surface area (Å²) >= 11 is 0. The maximum absolute atomic E-state index is 12.6. The molecule has 2 aliphatic carbocycles. The summed E-state index contributed by atoms with van der Waals surface area (Å²) in [6, 6.07) is -0.208. The molecule has 0 heterocycles. The van der Waals surface area contributed by atoms with Gasteiger partial charge >= 0.3 is 12.1 Å². The summed E-state index contributed by atoms with van der Waals surface area (Å²) in [5.74, 6) is -3.12. The van der Waals surface area contributed by atoms with Crippen molar-refractivity contribution in [2.45, 2.75) is 57.2 Å². The third kappa shape index (κ3) is 4.11. The summed E-state index contributed by atoms with van der Waals surface area (Å²) < 4.78 is 37.7. The zero-order valence-electron chi connectivity index (χ0n) is 11.7. The van der Waals surface area contributed by atoms with E-state index >= 15 is 0 Å². The van der Waals surface area contributed by atoms with Crippen LogP contribution in [0.25, 0.3) is 0 Å². The average molecular weight is 307 g/mol. The van der Waals surface area contributed by atoms with E-state index in [1.54, 1.807) is 0 Å².